The van der Waals surface area contributed by atoms with E-state index in [0.717, 1.165) is 19.0 Å². The zero-order valence-corrected chi connectivity index (χ0v) is 9.04. The van der Waals surface area contributed by atoms with Crippen LogP contribution >= 0.6 is 0 Å². The Bertz CT molecular complexity index is 293. The van der Waals surface area contributed by atoms with Crippen LogP contribution in [0, 0.1) is 0 Å². The third kappa shape index (κ3) is 4.61. The molecule has 2 aliphatic heterocycles. The van der Waals surface area contributed by atoms with Gasteiger partial charge in [-0.15, -0.1) is 0 Å². The Kier molecular flexibility index (Phi) is 4.16. The summed E-state index contributed by atoms with van der Waals surface area (Å²) in [6, 6.07) is 9.79. The van der Waals surface area contributed by atoms with Gasteiger partial charge < -0.3 is 19.3 Å². The van der Waals surface area contributed by atoms with E-state index in [0.29, 0.717) is 12.7 Å². The molecular weight excluding hydrogens is 208 g/mol. The van der Waals surface area contributed by atoms with Crippen molar-refractivity contribution in [1.82, 2.24) is 0 Å². The molecule has 2 unspecified atom stereocenters. The summed E-state index contributed by atoms with van der Waals surface area (Å²) < 4.78 is 15.0. The maximum Gasteiger partial charge on any atom is 0.119 e. The predicted molar refractivity (Wildman–Crippen MR) is 58.5 cm³/mol. The highest BCUT2D eigenvalue weighted by atomic mass is 16.6. The first-order valence-corrected chi connectivity index (χ1v) is 5.40. The Hall–Kier alpha value is -1.10. The Labute approximate surface area is 94.8 Å². The van der Waals surface area contributed by atoms with Crippen molar-refractivity contribution < 1.29 is 19.3 Å². The van der Waals surface area contributed by atoms with Crippen LogP contribution in [0.2, 0.25) is 0 Å². The molecule has 0 saturated carbocycles. The van der Waals surface area contributed by atoms with Crippen LogP contribution in [0.3, 0.4) is 0 Å². The molecule has 2 fully saturated rings. The van der Waals surface area contributed by atoms with Crippen molar-refractivity contribution in [1.29, 1.82) is 0 Å². The predicted octanol–water partition coefficient (Wildman–Crippen LogP) is 0.842. The number of aliphatic hydroxyl groups is 1. The van der Waals surface area contributed by atoms with Crippen molar-refractivity contribution in [2.24, 2.45) is 0 Å². The van der Waals surface area contributed by atoms with Gasteiger partial charge in [-0.2, -0.15) is 0 Å². The lowest BCUT2D eigenvalue weighted by Gasteiger charge is -2.01. The second kappa shape index (κ2) is 5.84. The van der Waals surface area contributed by atoms with Crippen molar-refractivity contribution in [3.8, 4) is 5.75 Å². The Morgan fingerprint density at radius 3 is 2.19 bits per heavy atom. The van der Waals surface area contributed by atoms with Crippen LogP contribution in [0.1, 0.15) is 0 Å². The first-order valence-electron chi connectivity index (χ1n) is 5.40. The van der Waals surface area contributed by atoms with Crippen LogP contribution in [-0.4, -0.2) is 43.7 Å². The van der Waals surface area contributed by atoms with Gasteiger partial charge in [0.05, 0.1) is 19.8 Å². The van der Waals surface area contributed by atoms with Gasteiger partial charge in [-0.25, -0.2) is 0 Å². The summed E-state index contributed by atoms with van der Waals surface area (Å²) in [7, 11) is 0. The van der Waals surface area contributed by atoms with E-state index in [4.69, 9.17) is 14.6 Å². The Morgan fingerprint density at radius 1 is 1.12 bits per heavy atom. The van der Waals surface area contributed by atoms with Crippen LogP contribution in [0.4, 0.5) is 0 Å². The molecule has 0 aliphatic carbocycles. The maximum absolute atomic E-state index is 8.08. The first-order chi connectivity index (χ1) is 7.88. The van der Waals surface area contributed by atoms with Crippen LogP contribution in [0.15, 0.2) is 30.3 Å². The summed E-state index contributed by atoms with van der Waals surface area (Å²) >= 11 is 0. The largest absolute Gasteiger partial charge is 0.491 e. The highest BCUT2D eigenvalue weighted by Gasteiger charge is 2.22. The number of rotatable bonds is 4. The fraction of sp³-hybridized carbons (Fsp3) is 0.500. The molecule has 0 amide bonds. The van der Waals surface area contributed by atoms with Crippen molar-refractivity contribution in [3.05, 3.63) is 30.3 Å². The molecule has 1 aromatic rings. The van der Waals surface area contributed by atoms with Gasteiger partial charge in [0, 0.05) is 0 Å². The van der Waals surface area contributed by atoms with Crippen molar-refractivity contribution in [3.63, 3.8) is 0 Å². The summed E-state index contributed by atoms with van der Waals surface area (Å²) in [4.78, 5) is 0. The van der Waals surface area contributed by atoms with Crippen LogP contribution in [0.5, 0.6) is 5.75 Å². The molecule has 1 N–H and O–H groups in total. The van der Waals surface area contributed by atoms with E-state index in [1.54, 1.807) is 0 Å². The zero-order valence-electron chi connectivity index (χ0n) is 9.04. The highest BCUT2D eigenvalue weighted by molar-refractivity contribution is 5.20. The molecule has 3 rings (SSSR count). The first kappa shape index (κ1) is 11.4. The minimum Gasteiger partial charge on any atom is -0.491 e. The van der Waals surface area contributed by atoms with E-state index in [2.05, 4.69) is 4.74 Å². The van der Waals surface area contributed by atoms with Crippen molar-refractivity contribution in [2.75, 3.05) is 26.4 Å². The van der Waals surface area contributed by atoms with Crippen molar-refractivity contribution in [2.45, 2.75) is 12.2 Å². The molecule has 2 aliphatic rings. The quantitative estimate of drug-likeness (QED) is 0.770. The van der Waals surface area contributed by atoms with Gasteiger partial charge in [0.1, 0.15) is 24.6 Å². The lowest BCUT2D eigenvalue weighted by atomic mass is 10.3. The van der Waals surface area contributed by atoms with E-state index in [9.17, 15) is 0 Å². The van der Waals surface area contributed by atoms with Gasteiger partial charge in [0.2, 0.25) is 0 Å². The van der Waals surface area contributed by atoms with Gasteiger partial charge in [0.15, 0.2) is 0 Å². The van der Waals surface area contributed by atoms with Gasteiger partial charge in [-0.1, -0.05) is 18.2 Å². The topological polar surface area (TPSA) is 54.5 Å². The molecule has 4 heteroatoms. The van der Waals surface area contributed by atoms with E-state index < -0.39 is 0 Å². The standard InChI is InChI=1S/C9H10O2.C3H6O2/c1-2-4-8(5-3-1)10-6-9-7-11-9;4-1-3-2-5-3/h1-5,9H,6-7H2;3-4H,1-2H2. The van der Waals surface area contributed by atoms with Crippen LogP contribution < -0.4 is 4.74 Å². The lowest BCUT2D eigenvalue weighted by molar-refractivity contribution is 0.244. The number of ether oxygens (including phenoxy) is 3. The molecular formula is C12H16O4. The number of epoxide rings is 2. The van der Waals surface area contributed by atoms with Gasteiger partial charge in [-0.05, 0) is 12.1 Å². The van der Waals surface area contributed by atoms with E-state index in [1.165, 1.54) is 0 Å². The molecule has 0 bridgehead atoms. The molecule has 4 nitrogen and oxygen atoms in total. The van der Waals surface area contributed by atoms with Gasteiger partial charge in [0.25, 0.3) is 0 Å². The van der Waals surface area contributed by atoms with Gasteiger partial charge >= 0.3 is 0 Å². The summed E-state index contributed by atoms with van der Waals surface area (Å²) in [5.74, 6) is 0.919. The van der Waals surface area contributed by atoms with E-state index in [1.807, 2.05) is 30.3 Å². The fourth-order valence-corrected chi connectivity index (χ4v) is 1.04. The van der Waals surface area contributed by atoms with E-state index in [-0.39, 0.29) is 12.7 Å². The summed E-state index contributed by atoms with van der Waals surface area (Å²) in [6.45, 7) is 2.49. The smallest absolute Gasteiger partial charge is 0.119 e. The molecule has 88 valence electrons. The number of benzene rings is 1. The second-order valence-corrected chi connectivity index (χ2v) is 3.72. The molecule has 0 aromatic heterocycles. The molecule has 1 aromatic carbocycles. The molecule has 2 saturated heterocycles. The zero-order chi connectivity index (χ0) is 11.2. The number of aliphatic hydroxyl groups excluding tert-OH is 1. The summed E-state index contributed by atoms with van der Waals surface area (Å²) in [5.41, 5.74) is 0. The van der Waals surface area contributed by atoms with E-state index >= 15 is 0 Å². The monoisotopic (exact) mass is 224 g/mol. The number of hydrogen-bond acceptors (Lipinski definition) is 4. The molecule has 2 heterocycles. The maximum atomic E-state index is 8.08. The second-order valence-electron chi connectivity index (χ2n) is 3.72. The third-order valence-electron chi connectivity index (χ3n) is 2.19. The third-order valence-corrected chi connectivity index (χ3v) is 2.19. The fourth-order valence-electron chi connectivity index (χ4n) is 1.04. The lowest BCUT2D eigenvalue weighted by Crippen LogP contribution is -2.03. The summed E-state index contributed by atoms with van der Waals surface area (Å²) in [5, 5.41) is 8.08. The van der Waals surface area contributed by atoms with Gasteiger partial charge in [-0.3, -0.25) is 0 Å². The number of para-hydroxylation sites is 1. The minimum absolute atomic E-state index is 0.190. The Balaban J connectivity index is 0.000000162. The van der Waals surface area contributed by atoms with Crippen LogP contribution in [0.25, 0.3) is 0 Å². The van der Waals surface area contributed by atoms with Crippen molar-refractivity contribution >= 4 is 0 Å². The SMILES string of the molecule is OCC1CO1.c1ccc(OCC2CO2)cc1. The van der Waals surface area contributed by atoms with Crippen LogP contribution in [-0.2, 0) is 9.47 Å². The average molecular weight is 224 g/mol. The average Bonchev–Trinajstić information content (AvgIpc) is 3.21. The molecule has 2 atom stereocenters. The Morgan fingerprint density at radius 2 is 1.75 bits per heavy atom. The normalized spacial score (nSPS) is 25.3. The minimum atomic E-state index is 0.190. The molecule has 0 radical (unpaired) electrons. The number of hydrogen-bond donors (Lipinski definition) is 1. The summed E-state index contributed by atoms with van der Waals surface area (Å²) in [6.07, 6.45) is 0.533. The highest BCUT2D eigenvalue weighted by Crippen LogP contribution is 2.13. The molecule has 16 heavy (non-hydrogen) atoms. The molecule has 0 spiro atoms.